The maximum absolute atomic E-state index is 3.18. The van der Waals surface area contributed by atoms with Gasteiger partial charge in [0.25, 0.3) is 0 Å². The molecule has 0 spiro atoms. The Balaban J connectivity index is 1.79. The van der Waals surface area contributed by atoms with Crippen molar-refractivity contribution in [2.75, 3.05) is 27.2 Å². The van der Waals surface area contributed by atoms with Crippen molar-refractivity contribution >= 4 is 0 Å². The first-order valence-electron chi connectivity index (χ1n) is 6.69. The zero-order chi connectivity index (χ0) is 12.1. The minimum Gasteiger partial charge on any atom is -0.319 e. The van der Waals surface area contributed by atoms with Gasteiger partial charge in [-0.3, -0.25) is 0 Å². The van der Waals surface area contributed by atoms with E-state index in [1.54, 1.807) is 0 Å². The lowest BCUT2D eigenvalue weighted by atomic mass is 10.1. The van der Waals surface area contributed by atoms with Crippen LogP contribution in [-0.2, 0) is 13.0 Å². The number of hydrogen-bond acceptors (Lipinski definition) is 2. The molecule has 1 aromatic rings. The molecule has 0 atom stereocenters. The van der Waals surface area contributed by atoms with Crippen molar-refractivity contribution in [3.8, 4) is 0 Å². The van der Waals surface area contributed by atoms with Crippen LogP contribution in [0.5, 0.6) is 0 Å². The van der Waals surface area contributed by atoms with E-state index >= 15 is 0 Å². The van der Waals surface area contributed by atoms with E-state index in [0.29, 0.717) is 0 Å². The molecule has 0 aliphatic heterocycles. The fraction of sp³-hybridized carbons (Fsp3) is 0.600. The third kappa shape index (κ3) is 4.49. The molecule has 0 aromatic heterocycles. The van der Waals surface area contributed by atoms with E-state index in [4.69, 9.17) is 0 Å². The van der Waals surface area contributed by atoms with Crippen LogP contribution in [0.1, 0.15) is 24.0 Å². The Hall–Kier alpha value is -0.860. The van der Waals surface area contributed by atoms with E-state index < -0.39 is 0 Å². The summed E-state index contributed by atoms with van der Waals surface area (Å²) in [5.41, 5.74) is 2.86. The average molecular weight is 232 g/mol. The van der Waals surface area contributed by atoms with Gasteiger partial charge in [-0.2, -0.15) is 0 Å². The summed E-state index contributed by atoms with van der Waals surface area (Å²) in [7, 11) is 4.23. The Kier molecular flexibility index (Phi) is 4.57. The Morgan fingerprint density at radius 1 is 1.18 bits per heavy atom. The molecule has 94 valence electrons. The van der Waals surface area contributed by atoms with Crippen LogP contribution in [0.15, 0.2) is 24.3 Å². The summed E-state index contributed by atoms with van der Waals surface area (Å²) in [4.78, 5) is 2.44. The quantitative estimate of drug-likeness (QED) is 0.776. The second kappa shape index (κ2) is 6.18. The molecule has 1 saturated carbocycles. The fourth-order valence-corrected chi connectivity index (χ4v) is 2.20. The number of nitrogens with zero attached hydrogens (tertiary/aromatic N) is 1. The van der Waals surface area contributed by atoms with E-state index in [-0.39, 0.29) is 0 Å². The third-order valence-electron chi connectivity index (χ3n) is 3.41. The topological polar surface area (TPSA) is 15.3 Å². The molecule has 2 nitrogen and oxygen atoms in total. The Morgan fingerprint density at radius 3 is 2.41 bits per heavy atom. The Bertz CT molecular complexity index is 327. The molecule has 1 N–H and O–H groups in total. The van der Waals surface area contributed by atoms with E-state index in [2.05, 4.69) is 41.5 Å². The van der Waals surface area contributed by atoms with Crippen LogP contribution in [0.2, 0.25) is 0 Å². The molecule has 0 radical (unpaired) electrons. The maximum atomic E-state index is 3.18. The summed E-state index contributed by atoms with van der Waals surface area (Å²) in [5, 5.41) is 3.18. The zero-order valence-corrected chi connectivity index (χ0v) is 11.1. The van der Waals surface area contributed by atoms with Crippen LogP contribution >= 0.6 is 0 Å². The van der Waals surface area contributed by atoms with Crippen LogP contribution in [-0.4, -0.2) is 32.1 Å². The first kappa shape index (κ1) is 12.6. The predicted molar refractivity (Wildman–Crippen MR) is 73.1 cm³/mol. The van der Waals surface area contributed by atoms with Gasteiger partial charge in [0.2, 0.25) is 0 Å². The Labute approximate surface area is 105 Å². The highest BCUT2D eigenvalue weighted by Crippen LogP contribution is 2.29. The van der Waals surface area contributed by atoms with Gasteiger partial charge in [-0.1, -0.05) is 24.3 Å². The van der Waals surface area contributed by atoms with Crippen molar-refractivity contribution in [3.63, 3.8) is 0 Å². The van der Waals surface area contributed by atoms with E-state index in [0.717, 1.165) is 25.4 Å². The van der Waals surface area contributed by atoms with Gasteiger partial charge in [-0.15, -0.1) is 0 Å². The molecule has 0 saturated heterocycles. The summed E-state index contributed by atoms with van der Waals surface area (Å²) >= 11 is 0. The molecule has 1 fully saturated rings. The van der Waals surface area contributed by atoms with Gasteiger partial charge in [0.1, 0.15) is 0 Å². The molecule has 1 aliphatic carbocycles. The molecule has 0 amide bonds. The predicted octanol–water partition coefficient (Wildman–Crippen LogP) is 2.29. The molecule has 1 aromatic carbocycles. The SMILES string of the molecule is CNCCc1ccc(CN(C)CC2CC2)cc1. The van der Waals surface area contributed by atoms with Crippen LogP contribution in [0, 0.1) is 5.92 Å². The lowest BCUT2D eigenvalue weighted by Crippen LogP contribution is -2.20. The summed E-state index contributed by atoms with van der Waals surface area (Å²) < 4.78 is 0. The second-order valence-corrected chi connectivity index (χ2v) is 5.31. The van der Waals surface area contributed by atoms with Gasteiger partial charge in [0.15, 0.2) is 0 Å². The van der Waals surface area contributed by atoms with Gasteiger partial charge in [0, 0.05) is 13.1 Å². The van der Waals surface area contributed by atoms with Crippen molar-refractivity contribution in [2.45, 2.75) is 25.8 Å². The monoisotopic (exact) mass is 232 g/mol. The molecular formula is C15H24N2. The molecular weight excluding hydrogens is 208 g/mol. The molecule has 0 heterocycles. The van der Waals surface area contributed by atoms with Crippen molar-refractivity contribution in [2.24, 2.45) is 5.92 Å². The third-order valence-corrected chi connectivity index (χ3v) is 3.41. The normalized spacial score (nSPS) is 15.5. The van der Waals surface area contributed by atoms with Crippen LogP contribution in [0.4, 0.5) is 0 Å². The number of likely N-dealkylation sites (N-methyl/N-ethyl adjacent to an activating group) is 1. The largest absolute Gasteiger partial charge is 0.319 e. The minimum absolute atomic E-state index is 0.981. The summed E-state index contributed by atoms with van der Waals surface area (Å²) in [6, 6.07) is 9.07. The highest BCUT2D eigenvalue weighted by atomic mass is 15.1. The minimum atomic E-state index is 0.981. The second-order valence-electron chi connectivity index (χ2n) is 5.31. The van der Waals surface area contributed by atoms with Crippen molar-refractivity contribution in [1.29, 1.82) is 0 Å². The van der Waals surface area contributed by atoms with Crippen LogP contribution in [0.25, 0.3) is 0 Å². The summed E-state index contributed by atoms with van der Waals surface area (Å²) in [6.45, 7) is 3.41. The van der Waals surface area contributed by atoms with Crippen molar-refractivity contribution < 1.29 is 0 Å². The number of benzene rings is 1. The van der Waals surface area contributed by atoms with Gasteiger partial charge in [0.05, 0.1) is 0 Å². The maximum Gasteiger partial charge on any atom is 0.0230 e. The molecule has 0 unspecified atom stereocenters. The standard InChI is InChI=1S/C15H24N2/c1-16-10-9-13-3-5-14(6-4-13)11-17(2)12-15-7-8-15/h3-6,15-16H,7-12H2,1-2H3. The lowest BCUT2D eigenvalue weighted by Gasteiger charge is -2.16. The molecule has 17 heavy (non-hydrogen) atoms. The molecule has 2 rings (SSSR count). The van der Waals surface area contributed by atoms with E-state index in [1.807, 2.05) is 7.05 Å². The lowest BCUT2D eigenvalue weighted by molar-refractivity contribution is 0.313. The van der Waals surface area contributed by atoms with Crippen LogP contribution < -0.4 is 5.32 Å². The zero-order valence-electron chi connectivity index (χ0n) is 11.1. The first-order valence-corrected chi connectivity index (χ1v) is 6.69. The molecule has 2 heteroatoms. The van der Waals surface area contributed by atoms with Gasteiger partial charge in [-0.05, 0) is 56.9 Å². The van der Waals surface area contributed by atoms with Crippen molar-refractivity contribution in [3.05, 3.63) is 35.4 Å². The van der Waals surface area contributed by atoms with E-state index in [1.165, 1.54) is 30.5 Å². The fourth-order valence-electron chi connectivity index (χ4n) is 2.20. The van der Waals surface area contributed by atoms with Crippen LogP contribution in [0.3, 0.4) is 0 Å². The van der Waals surface area contributed by atoms with Crippen molar-refractivity contribution in [1.82, 2.24) is 10.2 Å². The number of rotatable bonds is 7. The summed E-state index contributed by atoms with van der Waals surface area (Å²) in [6.07, 6.45) is 4.00. The van der Waals surface area contributed by atoms with Gasteiger partial charge >= 0.3 is 0 Å². The van der Waals surface area contributed by atoms with Gasteiger partial charge < -0.3 is 10.2 Å². The summed E-state index contributed by atoms with van der Waals surface area (Å²) in [5.74, 6) is 0.981. The highest BCUT2D eigenvalue weighted by molar-refractivity contribution is 5.22. The molecule has 1 aliphatic rings. The number of nitrogens with one attached hydrogen (secondary N) is 1. The number of hydrogen-bond donors (Lipinski definition) is 1. The van der Waals surface area contributed by atoms with Gasteiger partial charge in [-0.25, -0.2) is 0 Å². The van der Waals surface area contributed by atoms with E-state index in [9.17, 15) is 0 Å². The molecule has 0 bridgehead atoms. The Morgan fingerprint density at radius 2 is 1.82 bits per heavy atom. The smallest absolute Gasteiger partial charge is 0.0230 e. The first-order chi connectivity index (χ1) is 8.28. The highest BCUT2D eigenvalue weighted by Gasteiger charge is 2.22. The average Bonchev–Trinajstić information content (AvgIpc) is 3.12.